The van der Waals surface area contributed by atoms with Crippen LogP contribution in [0.15, 0.2) is 169 Å². The lowest BCUT2D eigenvalue weighted by Gasteiger charge is -2.45. The monoisotopic (exact) mass is 601 g/mol. The van der Waals surface area contributed by atoms with E-state index in [-0.39, 0.29) is 5.56 Å². The summed E-state index contributed by atoms with van der Waals surface area (Å²) in [5, 5.41) is 2.71. The van der Waals surface area contributed by atoms with Gasteiger partial charge < -0.3 is 4.74 Å². The lowest BCUT2D eigenvalue weighted by atomic mass is 9.61. The molecule has 2 aliphatic heterocycles. The molecule has 3 heteroatoms. The smallest absolute Gasteiger partial charge is 0.263 e. The lowest BCUT2D eigenvalue weighted by molar-refractivity contribution is 0.434. The van der Waals surface area contributed by atoms with Crippen molar-refractivity contribution in [2.24, 2.45) is 0 Å². The molecule has 47 heavy (non-hydrogen) atoms. The summed E-state index contributed by atoms with van der Waals surface area (Å²) < 4.78 is 8.63. The van der Waals surface area contributed by atoms with Gasteiger partial charge in [0.2, 0.25) is 0 Å². The molecule has 220 valence electrons. The normalized spacial score (nSPS) is 13.5. The molecule has 2 aliphatic rings. The number of rotatable bonds is 2. The molecule has 8 aromatic rings. The maximum atomic E-state index is 14.7. The molecule has 0 bridgehead atoms. The molecule has 7 aromatic carbocycles. The predicted molar refractivity (Wildman–Crippen MR) is 190 cm³/mol. The molecule has 10 rings (SSSR count). The van der Waals surface area contributed by atoms with Crippen molar-refractivity contribution in [1.82, 2.24) is 4.57 Å². The molecular weight excluding hydrogens is 574 g/mol. The van der Waals surface area contributed by atoms with Crippen LogP contribution in [-0.2, 0) is 5.41 Å². The maximum Gasteiger partial charge on any atom is 0.263 e. The van der Waals surface area contributed by atoms with Gasteiger partial charge in [0.15, 0.2) is 0 Å². The van der Waals surface area contributed by atoms with Crippen molar-refractivity contribution in [1.29, 1.82) is 0 Å². The first-order valence-corrected chi connectivity index (χ1v) is 16.0. The number of benzene rings is 7. The SMILES string of the molecule is O=c1c2ccccc2c2cc(-c3ccccc3)cc3c2n1-c1ccc(-c2ccccc2)cc1C31c2ccccc2Oc2ccccc21. The summed E-state index contributed by atoms with van der Waals surface area (Å²) in [7, 11) is 0. The Bertz CT molecular complexity index is 2570. The molecule has 1 spiro atoms. The number of hydrogen-bond donors (Lipinski definition) is 0. The molecule has 0 unspecified atom stereocenters. The van der Waals surface area contributed by atoms with Crippen molar-refractivity contribution in [3.8, 4) is 39.4 Å². The van der Waals surface area contributed by atoms with Crippen LogP contribution in [0.4, 0.5) is 0 Å². The second-order valence-corrected chi connectivity index (χ2v) is 12.4. The van der Waals surface area contributed by atoms with E-state index in [1.807, 2.05) is 41.0 Å². The Balaban J connectivity index is 1.49. The van der Waals surface area contributed by atoms with E-state index in [9.17, 15) is 4.79 Å². The minimum Gasteiger partial charge on any atom is -0.457 e. The molecule has 0 atom stereocenters. The van der Waals surface area contributed by atoms with Gasteiger partial charge in [0.1, 0.15) is 11.5 Å². The molecule has 1 aromatic heterocycles. The third-order valence-corrected chi connectivity index (χ3v) is 10.0. The van der Waals surface area contributed by atoms with Crippen molar-refractivity contribution < 1.29 is 4.74 Å². The van der Waals surface area contributed by atoms with Crippen LogP contribution in [-0.4, -0.2) is 4.57 Å². The van der Waals surface area contributed by atoms with Crippen molar-refractivity contribution >= 4 is 21.7 Å². The van der Waals surface area contributed by atoms with E-state index in [1.165, 1.54) is 0 Å². The lowest BCUT2D eigenvalue weighted by Crippen LogP contribution is -2.40. The van der Waals surface area contributed by atoms with Crippen LogP contribution in [0.3, 0.4) is 0 Å². The minimum atomic E-state index is -0.774. The summed E-state index contributed by atoms with van der Waals surface area (Å²) >= 11 is 0. The summed E-state index contributed by atoms with van der Waals surface area (Å²) in [4.78, 5) is 14.7. The fraction of sp³-hybridized carbons (Fsp3) is 0.0227. The molecule has 3 nitrogen and oxygen atoms in total. The van der Waals surface area contributed by atoms with Gasteiger partial charge >= 0.3 is 0 Å². The van der Waals surface area contributed by atoms with Crippen LogP contribution in [0.2, 0.25) is 0 Å². The van der Waals surface area contributed by atoms with Crippen LogP contribution in [0.25, 0.3) is 49.6 Å². The van der Waals surface area contributed by atoms with Crippen LogP contribution in [0, 0.1) is 0 Å². The van der Waals surface area contributed by atoms with Crippen LogP contribution >= 0.6 is 0 Å². The molecule has 0 N–H and O–H groups in total. The molecule has 0 fully saturated rings. The zero-order chi connectivity index (χ0) is 31.1. The van der Waals surface area contributed by atoms with Gasteiger partial charge in [-0.1, -0.05) is 121 Å². The van der Waals surface area contributed by atoms with Crippen LogP contribution < -0.4 is 10.3 Å². The van der Waals surface area contributed by atoms with Crippen LogP contribution in [0.5, 0.6) is 11.5 Å². The quantitative estimate of drug-likeness (QED) is 0.185. The highest BCUT2D eigenvalue weighted by Crippen LogP contribution is 2.60. The number of aromatic nitrogens is 1. The Kier molecular flexibility index (Phi) is 5.35. The number of fused-ring (bicyclic) bond motifs is 10. The summed E-state index contributed by atoms with van der Waals surface area (Å²) in [6.07, 6.45) is 0. The molecule has 0 radical (unpaired) electrons. The molecule has 0 saturated carbocycles. The van der Waals surface area contributed by atoms with E-state index in [4.69, 9.17) is 4.74 Å². The van der Waals surface area contributed by atoms with E-state index in [0.29, 0.717) is 5.39 Å². The Hall–Kier alpha value is -6.19. The fourth-order valence-electron chi connectivity index (χ4n) is 8.08. The third kappa shape index (κ3) is 3.48. The van der Waals surface area contributed by atoms with Crippen molar-refractivity contribution in [2.75, 3.05) is 0 Å². The number of ether oxygens (including phenoxy) is 1. The Morgan fingerprint density at radius 2 is 0.979 bits per heavy atom. The highest BCUT2D eigenvalue weighted by molar-refractivity contribution is 6.10. The Morgan fingerprint density at radius 1 is 0.426 bits per heavy atom. The average molecular weight is 602 g/mol. The molecule has 3 heterocycles. The van der Waals surface area contributed by atoms with Crippen LogP contribution in [0.1, 0.15) is 22.3 Å². The molecule has 0 aliphatic carbocycles. The van der Waals surface area contributed by atoms with Crippen molar-refractivity contribution in [3.05, 3.63) is 196 Å². The first-order valence-electron chi connectivity index (χ1n) is 16.0. The largest absolute Gasteiger partial charge is 0.457 e. The Labute approximate surface area is 271 Å². The predicted octanol–water partition coefficient (Wildman–Crippen LogP) is 10.3. The molecule has 0 amide bonds. The van der Waals surface area contributed by atoms with Gasteiger partial charge in [0.05, 0.1) is 16.6 Å². The topological polar surface area (TPSA) is 31.2 Å². The zero-order valence-electron chi connectivity index (χ0n) is 25.4. The molecule has 0 saturated heterocycles. The summed E-state index contributed by atoms with van der Waals surface area (Å²) in [5.41, 5.74) is 9.71. The Morgan fingerprint density at radius 3 is 1.66 bits per heavy atom. The van der Waals surface area contributed by atoms with Crippen molar-refractivity contribution in [2.45, 2.75) is 5.41 Å². The maximum absolute atomic E-state index is 14.7. The summed E-state index contributed by atoms with van der Waals surface area (Å²) in [5.74, 6) is 1.63. The third-order valence-electron chi connectivity index (χ3n) is 10.0. The van der Waals surface area contributed by atoms with Gasteiger partial charge in [-0.15, -0.1) is 0 Å². The summed E-state index contributed by atoms with van der Waals surface area (Å²) in [6.45, 7) is 0. The molecular formula is C44H27NO2. The first kappa shape index (κ1) is 26.1. The number of nitrogens with zero attached hydrogens (tertiary/aromatic N) is 1. The number of pyridine rings is 1. The summed E-state index contributed by atoms with van der Waals surface area (Å²) in [6, 6.07) is 57.0. The van der Waals surface area contributed by atoms with E-state index in [1.54, 1.807) is 0 Å². The first-order chi connectivity index (χ1) is 23.2. The number of hydrogen-bond acceptors (Lipinski definition) is 2. The zero-order valence-corrected chi connectivity index (χ0v) is 25.4. The minimum absolute atomic E-state index is 0.0148. The van der Waals surface area contributed by atoms with Gasteiger partial charge in [-0.3, -0.25) is 9.36 Å². The van der Waals surface area contributed by atoms with Gasteiger partial charge in [0, 0.05) is 21.9 Å². The van der Waals surface area contributed by atoms with E-state index < -0.39 is 5.41 Å². The van der Waals surface area contributed by atoms with Crippen molar-refractivity contribution in [3.63, 3.8) is 0 Å². The van der Waals surface area contributed by atoms with Gasteiger partial charge in [-0.2, -0.15) is 0 Å². The average Bonchev–Trinajstić information content (AvgIpc) is 3.14. The standard InChI is InChI=1S/C44H27NO2/c46-43-33-18-8-7-17-32(33)34-25-31(29-15-5-2-6-16-29)27-38-42(34)45(43)39-24-23-30(28-13-3-1-4-14-28)26-37(39)44(38)35-19-9-11-21-40(35)47-41-22-12-10-20-36(41)44/h1-27H. The highest BCUT2D eigenvalue weighted by atomic mass is 16.5. The van der Waals surface area contributed by atoms with Gasteiger partial charge in [-0.25, -0.2) is 0 Å². The van der Waals surface area contributed by atoms with Gasteiger partial charge in [0.25, 0.3) is 5.56 Å². The fourth-order valence-corrected chi connectivity index (χ4v) is 8.08. The number of para-hydroxylation sites is 2. The second-order valence-electron chi connectivity index (χ2n) is 12.4. The van der Waals surface area contributed by atoms with E-state index in [2.05, 4.69) is 127 Å². The second kappa shape index (κ2) is 9.65. The van der Waals surface area contributed by atoms with E-state index in [0.717, 1.165) is 78.0 Å². The van der Waals surface area contributed by atoms with E-state index >= 15 is 0 Å². The van der Waals surface area contributed by atoms with Gasteiger partial charge in [-0.05, 0) is 81.2 Å². The highest BCUT2D eigenvalue weighted by Gasteiger charge is 2.50.